The SMILES string of the molecule is CC(Sc1ccc(Cl)cc1)C(=O)NCc1ccc(OCC(F)(F)F)cc1. The quantitative estimate of drug-likeness (QED) is 0.655. The molecule has 1 amide bonds. The van der Waals surface area contributed by atoms with Crippen LogP contribution in [-0.2, 0) is 11.3 Å². The monoisotopic (exact) mass is 403 g/mol. The largest absolute Gasteiger partial charge is 0.484 e. The van der Waals surface area contributed by atoms with Gasteiger partial charge in [-0.05, 0) is 48.9 Å². The maximum absolute atomic E-state index is 12.2. The van der Waals surface area contributed by atoms with Crippen molar-refractivity contribution in [3.8, 4) is 5.75 Å². The van der Waals surface area contributed by atoms with Crippen LogP contribution in [-0.4, -0.2) is 23.9 Å². The van der Waals surface area contributed by atoms with Crippen LogP contribution in [0.15, 0.2) is 53.4 Å². The number of carbonyl (C=O) groups is 1. The molecule has 26 heavy (non-hydrogen) atoms. The molecule has 0 aliphatic rings. The van der Waals surface area contributed by atoms with E-state index in [1.54, 1.807) is 31.2 Å². The van der Waals surface area contributed by atoms with Crippen molar-refractivity contribution in [1.82, 2.24) is 5.32 Å². The van der Waals surface area contributed by atoms with E-state index in [4.69, 9.17) is 11.6 Å². The normalized spacial score (nSPS) is 12.5. The van der Waals surface area contributed by atoms with E-state index in [-0.39, 0.29) is 23.5 Å². The Morgan fingerprint density at radius 2 is 1.77 bits per heavy atom. The number of halogens is 4. The van der Waals surface area contributed by atoms with Crippen LogP contribution in [0.2, 0.25) is 5.02 Å². The van der Waals surface area contributed by atoms with Gasteiger partial charge in [0.2, 0.25) is 5.91 Å². The summed E-state index contributed by atoms with van der Waals surface area (Å²) < 4.78 is 40.9. The lowest BCUT2D eigenvalue weighted by atomic mass is 10.2. The molecule has 1 N–H and O–H groups in total. The fourth-order valence-electron chi connectivity index (χ4n) is 1.97. The minimum Gasteiger partial charge on any atom is -0.484 e. The summed E-state index contributed by atoms with van der Waals surface area (Å²) in [5, 5.41) is 3.13. The molecule has 0 saturated carbocycles. The van der Waals surface area contributed by atoms with Gasteiger partial charge < -0.3 is 10.1 Å². The van der Waals surface area contributed by atoms with Gasteiger partial charge in [-0.2, -0.15) is 13.2 Å². The summed E-state index contributed by atoms with van der Waals surface area (Å²) in [6, 6.07) is 13.3. The Hall–Kier alpha value is -1.86. The molecule has 0 heterocycles. The molecule has 3 nitrogen and oxygen atoms in total. The third kappa shape index (κ3) is 7.17. The van der Waals surface area contributed by atoms with Crippen molar-refractivity contribution in [3.63, 3.8) is 0 Å². The van der Waals surface area contributed by atoms with Crippen molar-refractivity contribution in [3.05, 3.63) is 59.1 Å². The highest BCUT2D eigenvalue weighted by molar-refractivity contribution is 8.00. The van der Waals surface area contributed by atoms with Crippen LogP contribution in [0.4, 0.5) is 13.2 Å². The van der Waals surface area contributed by atoms with E-state index in [1.165, 1.54) is 23.9 Å². The molecule has 140 valence electrons. The van der Waals surface area contributed by atoms with Crippen LogP contribution in [0.5, 0.6) is 5.75 Å². The summed E-state index contributed by atoms with van der Waals surface area (Å²) in [7, 11) is 0. The molecule has 8 heteroatoms. The highest BCUT2D eigenvalue weighted by atomic mass is 35.5. The maximum Gasteiger partial charge on any atom is 0.422 e. The molecular formula is C18H17ClF3NO2S. The number of amides is 1. The van der Waals surface area contributed by atoms with Gasteiger partial charge in [-0.1, -0.05) is 23.7 Å². The lowest BCUT2D eigenvalue weighted by Gasteiger charge is -2.13. The van der Waals surface area contributed by atoms with Crippen LogP contribution in [0.25, 0.3) is 0 Å². The number of nitrogens with one attached hydrogen (secondary N) is 1. The molecule has 0 aromatic heterocycles. The van der Waals surface area contributed by atoms with E-state index in [0.29, 0.717) is 5.02 Å². The highest BCUT2D eigenvalue weighted by Crippen LogP contribution is 2.25. The Balaban J connectivity index is 1.80. The van der Waals surface area contributed by atoms with Crippen molar-refractivity contribution in [2.24, 2.45) is 0 Å². The minimum absolute atomic E-state index is 0.129. The van der Waals surface area contributed by atoms with Crippen molar-refractivity contribution in [1.29, 1.82) is 0 Å². The number of hydrogen-bond donors (Lipinski definition) is 1. The number of carbonyl (C=O) groups excluding carboxylic acids is 1. The van der Waals surface area contributed by atoms with Gasteiger partial charge >= 0.3 is 6.18 Å². The van der Waals surface area contributed by atoms with Crippen LogP contribution in [0, 0.1) is 0 Å². The van der Waals surface area contributed by atoms with Crippen LogP contribution < -0.4 is 10.1 Å². The average Bonchev–Trinajstić information content (AvgIpc) is 2.60. The topological polar surface area (TPSA) is 38.3 Å². The lowest BCUT2D eigenvalue weighted by molar-refractivity contribution is -0.153. The Kier molecular flexibility index (Phi) is 7.23. The van der Waals surface area contributed by atoms with Gasteiger partial charge in [0.15, 0.2) is 6.61 Å². The van der Waals surface area contributed by atoms with Crippen molar-refractivity contribution in [2.45, 2.75) is 29.8 Å². The van der Waals surface area contributed by atoms with E-state index < -0.39 is 12.8 Å². The van der Waals surface area contributed by atoms with Crippen molar-refractivity contribution < 1.29 is 22.7 Å². The second-order valence-corrected chi connectivity index (χ2v) is 7.33. The highest BCUT2D eigenvalue weighted by Gasteiger charge is 2.28. The zero-order chi connectivity index (χ0) is 19.2. The Morgan fingerprint density at radius 3 is 2.35 bits per heavy atom. The zero-order valence-corrected chi connectivity index (χ0v) is 15.4. The van der Waals surface area contributed by atoms with Crippen molar-refractivity contribution in [2.75, 3.05) is 6.61 Å². The predicted molar refractivity (Wildman–Crippen MR) is 96.6 cm³/mol. The molecule has 0 radical (unpaired) electrons. The Bertz CT molecular complexity index is 721. The molecule has 0 bridgehead atoms. The molecule has 0 saturated heterocycles. The Labute approximate surface area is 158 Å². The molecule has 0 fully saturated rings. The van der Waals surface area contributed by atoms with Crippen molar-refractivity contribution >= 4 is 29.3 Å². The molecule has 0 spiro atoms. The summed E-state index contributed by atoms with van der Waals surface area (Å²) in [4.78, 5) is 13.1. The molecule has 0 aliphatic carbocycles. The van der Waals surface area contributed by atoms with Gasteiger partial charge in [0.25, 0.3) is 0 Å². The van der Waals surface area contributed by atoms with E-state index >= 15 is 0 Å². The van der Waals surface area contributed by atoms with Crippen LogP contribution in [0.3, 0.4) is 0 Å². The van der Waals surface area contributed by atoms with E-state index in [1.807, 2.05) is 12.1 Å². The number of thioether (sulfide) groups is 1. The number of rotatable bonds is 7. The average molecular weight is 404 g/mol. The summed E-state index contributed by atoms with van der Waals surface area (Å²) in [5.41, 5.74) is 0.765. The summed E-state index contributed by atoms with van der Waals surface area (Å²) in [6.07, 6.45) is -4.37. The number of alkyl halides is 3. The van der Waals surface area contributed by atoms with E-state index in [2.05, 4.69) is 10.1 Å². The lowest BCUT2D eigenvalue weighted by Crippen LogP contribution is -2.30. The first-order valence-corrected chi connectivity index (χ1v) is 8.97. The van der Waals surface area contributed by atoms with Crippen LogP contribution in [0.1, 0.15) is 12.5 Å². The first-order valence-electron chi connectivity index (χ1n) is 7.71. The summed E-state index contributed by atoms with van der Waals surface area (Å²) in [5.74, 6) is -0.00795. The second kappa shape index (κ2) is 9.19. The van der Waals surface area contributed by atoms with Gasteiger partial charge in [-0.3, -0.25) is 4.79 Å². The molecule has 2 rings (SSSR count). The van der Waals surface area contributed by atoms with Crippen LogP contribution >= 0.6 is 23.4 Å². The molecule has 2 aromatic rings. The Morgan fingerprint density at radius 1 is 1.15 bits per heavy atom. The summed E-state index contributed by atoms with van der Waals surface area (Å²) >= 11 is 7.24. The summed E-state index contributed by atoms with van der Waals surface area (Å²) in [6.45, 7) is 0.745. The van der Waals surface area contributed by atoms with E-state index in [0.717, 1.165) is 10.5 Å². The standard InChI is InChI=1S/C18H17ClF3NO2S/c1-12(26-16-8-4-14(19)5-9-16)17(24)23-10-13-2-6-15(7-3-13)25-11-18(20,21)22/h2-9,12H,10-11H2,1H3,(H,23,24). The predicted octanol–water partition coefficient (Wildman–Crippen LogP) is 5.08. The molecule has 0 aliphatic heterocycles. The molecule has 2 aromatic carbocycles. The first-order chi connectivity index (χ1) is 12.2. The maximum atomic E-state index is 12.2. The van der Waals surface area contributed by atoms with Gasteiger partial charge in [-0.15, -0.1) is 11.8 Å². The molecule has 1 unspecified atom stereocenters. The van der Waals surface area contributed by atoms with Gasteiger partial charge in [0.1, 0.15) is 5.75 Å². The molecular weight excluding hydrogens is 387 g/mol. The minimum atomic E-state index is -4.37. The van der Waals surface area contributed by atoms with Gasteiger partial charge in [0, 0.05) is 16.5 Å². The number of hydrogen-bond acceptors (Lipinski definition) is 3. The van der Waals surface area contributed by atoms with Gasteiger partial charge in [-0.25, -0.2) is 0 Å². The molecule has 1 atom stereocenters. The third-order valence-electron chi connectivity index (χ3n) is 3.29. The number of ether oxygens (including phenoxy) is 1. The van der Waals surface area contributed by atoms with Gasteiger partial charge in [0.05, 0.1) is 5.25 Å². The van der Waals surface area contributed by atoms with E-state index in [9.17, 15) is 18.0 Å². The first kappa shape index (κ1) is 20.5. The second-order valence-electron chi connectivity index (χ2n) is 5.48. The third-order valence-corrected chi connectivity index (χ3v) is 4.65. The number of benzene rings is 2. The smallest absolute Gasteiger partial charge is 0.422 e. The zero-order valence-electron chi connectivity index (χ0n) is 13.8. The fraction of sp³-hybridized carbons (Fsp3) is 0.278. The fourth-order valence-corrected chi connectivity index (χ4v) is 2.99.